The van der Waals surface area contributed by atoms with Gasteiger partial charge in [0.2, 0.25) is 5.91 Å². The van der Waals surface area contributed by atoms with Gasteiger partial charge >= 0.3 is 5.97 Å². The van der Waals surface area contributed by atoms with Gasteiger partial charge in [-0.15, -0.1) is 0 Å². The number of carbonyl (C=O) groups excluding carboxylic acids is 1. The fourth-order valence-corrected chi connectivity index (χ4v) is 2.68. The molecule has 0 spiro atoms. The predicted molar refractivity (Wildman–Crippen MR) is 68.8 cm³/mol. The van der Waals surface area contributed by atoms with E-state index in [1.54, 1.807) is 4.90 Å². The summed E-state index contributed by atoms with van der Waals surface area (Å²) in [7, 11) is 0. The molecule has 19 heavy (non-hydrogen) atoms. The highest BCUT2D eigenvalue weighted by atomic mass is 16.5. The number of amides is 1. The van der Waals surface area contributed by atoms with Gasteiger partial charge in [0, 0.05) is 38.6 Å². The van der Waals surface area contributed by atoms with Crippen LogP contribution in [0.1, 0.15) is 20.3 Å². The summed E-state index contributed by atoms with van der Waals surface area (Å²) in [6.45, 7) is 7.50. The van der Waals surface area contributed by atoms with Crippen molar-refractivity contribution in [3.63, 3.8) is 0 Å². The number of rotatable bonds is 4. The van der Waals surface area contributed by atoms with Crippen LogP contribution in [0.3, 0.4) is 0 Å². The van der Waals surface area contributed by atoms with Crippen molar-refractivity contribution in [1.82, 2.24) is 9.80 Å². The van der Waals surface area contributed by atoms with Crippen LogP contribution in [0.4, 0.5) is 0 Å². The second-order valence-electron chi connectivity index (χ2n) is 5.62. The Balaban J connectivity index is 1.87. The molecule has 2 saturated heterocycles. The van der Waals surface area contributed by atoms with E-state index in [9.17, 15) is 9.59 Å². The van der Waals surface area contributed by atoms with Crippen LogP contribution in [0.5, 0.6) is 0 Å². The van der Waals surface area contributed by atoms with Gasteiger partial charge in [0.15, 0.2) is 0 Å². The van der Waals surface area contributed by atoms with E-state index in [0.29, 0.717) is 25.7 Å². The molecule has 1 amide bonds. The highest BCUT2D eigenvalue weighted by Gasteiger charge is 2.36. The molecule has 2 fully saturated rings. The summed E-state index contributed by atoms with van der Waals surface area (Å²) >= 11 is 0. The first-order chi connectivity index (χ1) is 8.97. The first-order valence-electron chi connectivity index (χ1n) is 6.83. The lowest BCUT2D eigenvalue weighted by atomic mass is 10.1. The third-order valence-electron chi connectivity index (χ3n) is 3.89. The predicted octanol–water partition coefficient (Wildman–Crippen LogP) is 0.0287. The molecule has 2 atom stereocenters. The van der Waals surface area contributed by atoms with E-state index >= 15 is 0 Å². The normalized spacial score (nSPS) is 29.2. The molecule has 6 nitrogen and oxygen atoms in total. The molecule has 2 aliphatic rings. The van der Waals surface area contributed by atoms with Gasteiger partial charge < -0.3 is 14.7 Å². The molecule has 0 aliphatic carbocycles. The average molecular weight is 270 g/mol. The highest BCUT2D eigenvalue weighted by molar-refractivity contribution is 5.86. The summed E-state index contributed by atoms with van der Waals surface area (Å²) in [5.41, 5.74) is 0. The van der Waals surface area contributed by atoms with Gasteiger partial charge in [0.05, 0.1) is 18.6 Å². The van der Waals surface area contributed by atoms with E-state index in [-0.39, 0.29) is 18.4 Å². The lowest BCUT2D eigenvalue weighted by molar-refractivity contribution is -0.141. The number of aliphatic carboxylic acids is 1. The highest BCUT2D eigenvalue weighted by Crippen LogP contribution is 2.19. The Morgan fingerprint density at radius 2 is 2.21 bits per heavy atom. The van der Waals surface area contributed by atoms with Gasteiger partial charge in [-0.05, 0) is 13.8 Å². The first kappa shape index (κ1) is 14.3. The minimum absolute atomic E-state index is 0.00681. The molecule has 0 saturated carbocycles. The van der Waals surface area contributed by atoms with Crippen molar-refractivity contribution in [3.05, 3.63) is 0 Å². The number of hydrogen-bond acceptors (Lipinski definition) is 4. The third kappa shape index (κ3) is 3.45. The summed E-state index contributed by atoms with van der Waals surface area (Å²) in [5, 5.41) is 8.95. The van der Waals surface area contributed by atoms with Crippen molar-refractivity contribution < 1.29 is 19.4 Å². The Morgan fingerprint density at radius 3 is 2.79 bits per heavy atom. The number of carboxylic acids is 1. The zero-order valence-electron chi connectivity index (χ0n) is 11.5. The molecular formula is C13H22N2O4. The van der Waals surface area contributed by atoms with Gasteiger partial charge in [0.25, 0.3) is 0 Å². The molecule has 2 heterocycles. The number of hydrogen-bond donors (Lipinski definition) is 1. The van der Waals surface area contributed by atoms with Crippen LogP contribution in [-0.4, -0.2) is 71.7 Å². The zero-order valence-corrected chi connectivity index (χ0v) is 11.5. The molecule has 2 rings (SSSR count). The van der Waals surface area contributed by atoms with E-state index < -0.39 is 11.9 Å². The number of carboxylic acid groups (broad SMARTS) is 1. The third-order valence-corrected chi connectivity index (χ3v) is 3.89. The topological polar surface area (TPSA) is 70.1 Å². The molecule has 0 aromatic heterocycles. The average Bonchev–Trinajstić information content (AvgIpc) is 2.71. The molecule has 0 bridgehead atoms. The minimum atomic E-state index is -0.885. The quantitative estimate of drug-likeness (QED) is 0.780. The summed E-state index contributed by atoms with van der Waals surface area (Å²) in [4.78, 5) is 26.6. The molecule has 2 unspecified atom stereocenters. The second-order valence-corrected chi connectivity index (χ2v) is 5.62. The van der Waals surface area contributed by atoms with Crippen LogP contribution < -0.4 is 0 Å². The van der Waals surface area contributed by atoms with E-state index in [1.807, 2.05) is 0 Å². The minimum Gasteiger partial charge on any atom is -0.481 e. The van der Waals surface area contributed by atoms with Gasteiger partial charge in [-0.2, -0.15) is 0 Å². The Hall–Kier alpha value is -1.14. The Labute approximate surface area is 113 Å². The maximum absolute atomic E-state index is 11.8. The van der Waals surface area contributed by atoms with Crippen molar-refractivity contribution in [1.29, 1.82) is 0 Å². The molecule has 2 aliphatic heterocycles. The molecular weight excluding hydrogens is 248 g/mol. The molecule has 108 valence electrons. The molecule has 0 radical (unpaired) electrons. The molecule has 1 N–H and O–H groups in total. The van der Waals surface area contributed by atoms with Crippen LogP contribution in [0.15, 0.2) is 0 Å². The summed E-state index contributed by atoms with van der Waals surface area (Å²) < 4.78 is 5.68. The number of morpholine rings is 1. The van der Waals surface area contributed by atoms with Crippen LogP contribution in [-0.2, 0) is 14.3 Å². The number of likely N-dealkylation sites (tertiary alicyclic amines) is 1. The smallest absolute Gasteiger partial charge is 0.308 e. The summed E-state index contributed by atoms with van der Waals surface area (Å²) in [6.07, 6.45) is 0.114. The molecule has 0 aromatic rings. The number of ether oxygens (including phenoxy) is 1. The van der Waals surface area contributed by atoms with E-state index in [4.69, 9.17) is 9.84 Å². The zero-order chi connectivity index (χ0) is 14.0. The maximum Gasteiger partial charge on any atom is 0.308 e. The van der Waals surface area contributed by atoms with Crippen molar-refractivity contribution in [2.24, 2.45) is 5.92 Å². The van der Waals surface area contributed by atoms with E-state index in [1.165, 1.54) is 0 Å². The van der Waals surface area contributed by atoms with E-state index in [2.05, 4.69) is 18.7 Å². The van der Waals surface area contributed by atoms with Gasteiger partial charge in [-0.3, -0.25) is 14.5 Å². The van der Waals surface area contributed by atoms with Crippen molar-refractivity contribution in [3.8, 4) is 0 Å². The van der Waals surface area contributed by atoms with Crippen molar-refractivity contribution in [2.75, 3.05) is 32.8 Å². The second kappa shape index (κ2) is 5.88. The maximum atomic E-state index is 11.8. The fraction of sp³-hybridized carbons (Fsp3) is 0.846. The summed E-state index contributed by atoms with van der Waals surface area (Å²) in [5.74, 6) is -1.51. The van der Waals surface area contributed by atoms with Crippen LogP contribution >= 0.6 is 0 Å². The van der Waals surface area contributed by atoms with E-state index in [0.717, 1.165) is 13.1 Å². The lowest BCUT2D eigenvalue weighted by Gasteiger charge is -2.37. The monoisotopic (exact) mass is 270 g/mol. The largest absolute Gasteiger partial charge is 0.481 e. The number of carbonyl (C=O) groups is 2. The molecule has 0 aromatic carbocycles. The van der Waals surface area contributed by atoms with Crippen LogP contribution in [0.2, 0.25) is 0 Å². The lowest BCUT2D eigenvalue weighted by Crippen LogP contribution is -2.50. The standard InChI is InChI=1S/C13H22N2O4/c1-9(2)14-3-4-19-11(7-14)8-15-6-10(13(17)18)5-12(15)16/h9-11H,3-8H2,1-2H3,(H,17,18). The Morgan fingerprint density at radius 1 is 1.47 bits per heavy atom. The van der Waals surface area contributed by atoms with Crippen LogP contribution in [0, 0.1) is 5.92 Å². The number of nitrogens with zero attached hydrogens (tertiary/aromatic N) is 2. The van der Waals surface area contributed by atoms with Crippen molar-refractivity contribution in [2.45, 2.75) is 32.4 Å². The molecule has 6 heteroatoms. The van der Waals surface area contributed by atoms with Gasteiger partial charge in [-0.1, -0.05) is 0 Å². The summed E-state index contributed by atoms with van der Waals surface area (Å²) in [6, 6.07) is 0.465. The van der Waals surface area contributed by atoms with Gasteiger partial charge in [0.1, 0.15) is 0 Å². The van der Waals surface area contributed by atoms with Crippen molar-refractivity contribution >= 4 is 11.9 Å². The van der Waals surface area contributed by atoms with Gasteiger partial charge in [-0.25, -0.2) is 0 Å². The Bertz CT molecular complexity index is 359. The fourth-order valence-electron chi connectivity index (χ4n) is 2.68. The Kier molecular flexibility index (Phi) is 4.42. The van der Waals surface area contributed by atoms with Crippen LogP contribution in [0.25, 0.3) is 0 Å². The SMILES string of the molecule is CC(C)N1CCOC(CN2CC(C(=O)O)CC2=O)C1. The first-order valence-corrected chi connectivity index (χ1v) is 6.83.